The van der Waals surface area contributed by atoms with E-state index in [1.807, 2.05) is 6.92 Å². The van der Waals surface area contributed by atoms with E-state index in [2.05, 4.69) is 10.1 Å². The highest BCUT2D eigenvalue weighted by molar-refractivity contribution is 7.89. The number of carboxylic acids is 1. The number of aromatic nitrogens is 2. The zero-order valence-electron chi connectivity index (χ0n) is 11.4. The Morgan fingerprint density at radius 3 is 2.70 bits per heavy atom. The summed E-state index contributed by atoms with van der Waals surface area (Å²) in [5.41, 5.74) is 0. The number of sulfone groups is 1. The van der Waals surface area contributed by atoms with Crippen molar-refractivity contribution in [2.45, 2.75) is 37.9 Å². The fraction of sp³-hybridized carbons (Fsp3) is 0.750. The summed E-state index contributed by atoms with van der Waals surface area (Å²) in [4.78, 5) is 15.4. The summed E-state index contributed by atoms with van der Waals surface area (Å²) in [5.74, 6) is -1.36. The van der Waals surface area contributed by atoms with Crippen molar-refractivity contribution in [1.29, 1.82) is 0 Å². The zero-order valence-corrected chi connectivity index (χ0v) is 12.3. The zero-order chi connectivity index (χ0) is 14.9. The summed E-state index contributed by atoms with van der Waals surface area (Å²) in [5, 5.41) is 12.9. The standard InChI is InChI=1S/C12H18N2O5S/c1-3-7-4-8(9(5-7)12(15)16)11-13-10(14-19-11)6-20(2,17)18/h7-9H,3-6H2,1-2H3,(H,15,16). The summed E-state index contributed by atoms with van der Waals surface area (Å²) < 4.78 is 27.5. The predicted molar refractivity (Wildman–Crippen MR) is 69.7 cm³/mol. The van der Waals surface area contributed by atoms with Gasteiger partial charge in [0.25, 0.3) is 0 Å². The molecule has 1 aliphatic rings. The summed E-state index contributed by atoms with van der Waals surface area (Å²) in [6.07, 6.45) is 3.28. The smallest absolute Gasteiger partial charge is 0.307 e. The Morgan fingerprint density at radius 1 is 1.45 bits per heavy atom. The van der Waals surface area contributed by atoms with Crippen molar-refractivity contribution in [3.05, 3.63) is 11.7 Å². The number of nitrogens with zero attached hydrogens (tertiary/aromatic N) is 2. The van der Waals surface area contributed by atoms with E-state index in [1.165, 1.54) is 0 Å². The average molecular weight is 302 g/mol. The van der Waals surface area contributed by atoms with E-state index in [0.29, 0.717) is 18.8 Å². The van der Waals surface area contributed by atoms with Crippen LogP contribution in [0, 0.1) is 11.8 Å². The van der Waals surface area contributed by atoms with Crippen LogP contribution in [0.4, 0.5) is 0 Å². The number of aliphatic carboxylic acids is 1. The number of hydrogen-bond acceptors (Lipinski definition) is 6. The van der Waals surface area contributed by atoms with Gasteiger partial charge in [-0.3, -0.25) is 4.79 Å². The van der Waals surface area contributed by atoms with Crippen LogP contribution in [-0.2, 0) is 20.4 Å². The molecule has 3 unspecified atom stereocenters. The SMILES string of the molecule is CCC1CC(C(=O)O)C(c2nc(CS(C)(=O)=O)no2)C1. The molecule has 7 nitrogen and oxygen atoms in total. The van der Waals surface area contributed by atoms with Gasteiger partial charge in [-0.25, -0.2) is 8.42 Å². The van der Waals surface area contributed by atoms with E-state index in [4.69, 9.17) is 4.52 Å². The maximum absolute atomic E-state index is 11.3. The summed E-state index contributed by atoms with van der Waals surface area (Å²) >= 11 is 0. The minimum Gasteiger partial charge on any atom is -0.481 e. The molecule has 0 saturated heterocycles. The molecule has 0 spiro atoms. The van der Waals surface area contributed by atoms with Crippen molar-refractivity contribution in [2.24, 2.45) is 11.8 Å². The first-order valence-electron chi connectivity index (χ1n) is 6.53. The van der Waals surface area contributed by atoms with Gasteiger partial charge in [0.05, 0.1) is 11.8 Å². The molecule has 1 aliphatic carbocycles. The molecule has 1 saturated carbocycles. The highest BCUT2D eigenvalue weighted by Gasteiger charge is 2.42. The topological polar surface area (TPSA) is 110 Å². The highest BCUT2D eigenvalue weighted by Crippen LogP contribution is 2.43. The minimum atomic E-state index is -3.23. The maximum atomic E-state index is 11.3. The van der Waals surface area contributed by atoms with Crippen LogP contribution in [0.15, 0.2) is 4.52 Å². The molecule has 3 atom stereocenters. The number of carbonyl (C=O) groups is 1. The van der Waals surface area contributed by atoms with E-state index >= 15 is 0 Å². The molecule has 1 fully saturated rings. The molecule has 1 heterocycles. The molecule has 0 aromatic carbocycles. The van der Waals surface area contributed by atoms with Gasteiger partial charge in [0, 0.05) is 6.26 Å². The molecule has 0 aliphatic heterocycles. The van der Waals surface area contributed by atoms with E-state index in [-0.39, 0.29) is 23.4 Å². The lowest BCUT2D eigenvalue weighted by atomic mass is 9.96. The summed E-state index contributed by atoms with van der Waals surface area (Å²) in [6, 6.07) is 0. The van der Waals surface area contributed by atoms with Gasteiger partial charge in [-0.05, 0) is 18.8 Å². The van der Waals surface area contributed by atoms with E-state index in [1.54, 1.807) is 0 Å². The number of carboxylic acid groups (broad SMARTS) is 1. The van der Waals surface area contributed by atoms with E-state index in [0.717, 1.165) is 12.7 Å². The molecule has 2 rings (SSSR count). The molecule has 0 amide bonds. The lowest BCUT2D eigenvalue weighted by Crippen LogP contribution is -2.17. The first-order chi connectivity index (χ1) is 9.30. The van der Waals surface area contributed by atoms with Gasteiger partial charge >= 0.3 is 5.97 Å². The Hall–Kier alpha value is -1.44. The first-order valence-corrected chi connectivity index (χ1v) is 8.59. The van der Waals surface area contributed by atoms with Gasteiger partial charge in [0.2, 0.25) is 5.89 Å². The van der Waals surface area contributed by atoms with Crippen LogP contribution < -0.4 is 0 Å². The molecule has 1 aromatic heterocycles. The Morgan fingerprint density at radius 2 is 2.15 bits per heavy atom. The molecule has 8 heteroatoms. The molecule has 0 radical (unpaired) electrons. The van der Waals surface area contributed by atoms with Gasteiger partial charge in [-0.2, -0.15) is 4.98 Å². The van der Waals surface area contributed by atoms with Gasteiger partial charge in [-0.1, -0.05) is 18.5 Å². The third-order valence-electron chi connectivity index (χ3n) is 3.75. The van der Waals surface area contributed by atoms with Crippen LogP contribution in [0.25, 0.3) is 0 Å². The lowest BCUT2D eigenvalue weighted by Gasteiger charge is -2.09. The van der Waals surface area contributed by atoms with Crippen LogP contribution in [0.2, 0.25) is 0 Å². The second-order valence-corrected chi connectivity index (χ2v) is 7.56. The molecule has 0 bridgehead atoms. The van der Waals surface area contributed by atoms with Crippen molar-refractivity contribution in [3.63, 3.8) is 0 Å². The molecule has 1 N–H and O–H groups in total. The van der Waals surface area contributed by atoms with Gasteiger partial charge < -0.3 is 9.63 Å². The second kappa shape index (κ2) is 5.51. The van der Waals surface area contributed by atoms with E-state index in [9.17, 15) is 18.3 Å². The van der Waals surface area contributed by atoms with Crippen LogP contribution in [0.1, 0.15) is 43.8 Å². The van der Waals surface area contributed by atoms with Crippen molar-refractivity contribution in [1.82, 2.24) is 10.1 Å². The quantitative estimate of drug-likeness (QED) is 0.870. The number of rotatable bonds is 5. The third kappa shape index (κ3) is 3.36. The van der Waals surface area contributed by atoms with Crippen LogP contribution in [0.5, 0.6) is 0 Å². The first kappa shape index (κ1) is 15.0. The Labute approximate surface area is 117 Å². The average Bonchev–Trinajstić information content (AvgIpc) is 2.92. The van der Waals surface area contributed by atoms with Crippen molar-refractivity contribution >= 4 is 15.8 Å². The summed E-state index contributed by atoms with van der Waals surface area (Å²) in [6.45, 7) is 2.02. The lowest BCUT2D eigenvalue weighted by molar-refractivity contribution is -0.142. The Balaban J connectivity index is 2.20. The molecule has 112 valence electrons. The molecule has 20 heavy (non-hydrogen) atoms. The number of hydrogen-bond donors (Lipinski definition) is 1. The largest absolute Gasteiger partial charge is 0.481 e. The van der Waals surface area contributed by atoms with Crippen LogP contribution in [0.3, 0.4) is 0 Å². The fourth-order valence-corrected chi connectivity index (χ4v) is 3.32. The van der Waals surface area contributed by atoms with Gasteiger partial charge in [-0.15, -0.1) is 0 Å². The van der Waals surface area contributed by atoms with E-state index < -0.39 is 21.7 Å². The van der Waals surface area contributed by atoms with Crippen LogP contribution in [-0.4, -0.2) is 35.9 Å². The summed E-state index contributed by atoms with van der Waals surface area (Å²) in [7, 11) is -3.23. The van der Waals surface area contributed by atoms with Crippen molar-refractivity contribution in [2.75, 3.05) is 6.26 Å². The normalized spacial score (nSPS) is 26.8. The monoisotopic (exact) mass is 302 g/mol. The van der Waals surface area contributed by atoms with Crippen molar-refractivity contribution in [3.8, 4) is 0 Å². The minimum absolute atomic E-state index is 0.0894. The maximum Gasteiger partial charge on any atom is 0.307 e. The van der Waals surface area contributed by atoms with Gasteiger partial charge in [0.15, 0.2) is 15.7 Å². The molecular weight excluding hydrogens is 284 g/mol. The molecule has 1 aromatic rings. The highest BCUT2D eigenvalue weighted by atomic mass is 32.2. The van der Waals surface area contributed by atoms with Crippen LogP contribution >= 0.6 is 0 Å². The molecular formula is C12H18N2O5S. The van der Waals surface area contributed by atoms with Gasteiger partial charge in [0.1, 0.15) is 5.75 Å². The Kier molecular flexibility index (Phi) is 4.12. The third-order valence-corrected chi connectivity index (χ3v) is 4.53. The Bertz CT molecular complexity index is 595. The van der Waals surface area contributed by atoms with Crippen molar-refractivity contribution < 1.29 is 22.8 Å². The fourth-order valence-electron chi connectivity index (χ4n) is 2.73. The second-order valence-electron chi connectivity index (χ2n) is 5.42. The predicted octanol–water partition coefficient (Wildman–Crippen LogP) is 1.22.